The van der Waals surface area contributed by atoms with E-state index in [2.05, 4.69) is 9.97 Å². The van der Waals surface area contributed by atoms with Crippen LogP contribution in [-0.4, -0.2) is 26.8 Å². The van der Waals surface area contributed by atoms with Crippen molar-refractivity contribution in [3.63, 3.8) is 0 Å². The van der Waals surface area contributed by atoms with Crippen LogP contribution in [0.15, 0.2) is 64.0 Å². The van der Waals surface area contributed by atoms with Crippen LogP contribution in [-0.2, 0) is 20.1 Å². The lowest BCUT2D eigenvalue weighted by molar-refractivity contribution is 0.487. The molecule has 2 N–H and O–H groups in total. The number of aromatic nitrogens is 2. The first-order valence-corrected chi connectivity index (χ1v) is 11.2. The third kappa shape index (κ3) is 3.37. The first kappa shape index (κ1) is 17.8. The minimum atomic E-state index is -4.15. The molecular formula is C16H11N3O5S3. The van der Waals surface area contributed by atoms with Crippen molar-refractivity contribution >= 4 is 52.6 Å². The van der Waals surface area contributed by atoms with Crippen LogP contribution >= 0.6 is 11.3 Å². The Labute approximate surface area is 158 Å². The molecule has 0 fully saturated rings. The number of benzene rings is 2. The van der Waals surface area contributed by atoms with E-state index < -0.39 is 20.1 Å². The lowest BCUT2D eigenvalue weighted by atomic mass is 10.2. The first-order chi connectivity index (χ1) is 12.7. The highest BCUT2D eigenvalue weighted by atomic mass is 32.2. The Kier molecular flexibility index (Phi) is 4.11. The van der Waals surface area contributed by atoms with Crippen LogP contribution in [0.2, 0.25) is 0 Å². The highest BCUT2D eigenvalue weighted by Crippen LogP contribution is 2.30. The maximum absolute atomic E-state index is 12.7. The summed E-state index contributed by atoms with van der Waals surface area (Å²) in [5.74, 6) is 0.0278. The van der Waals surface area contributed by atoms with Crippen molar-refractivity contribution in [2.24, 2.45) is 5.14 Å². The zero-order valence-electron chi connectivity index (χ0n) is 13.4. The summed E-state index contributed by atoms with van der Waals surface area (Å²) in [7, 11) is -8.09. The van der Waals surface area contributed by atoms with Crippen LogP contribution < -0.4 is 9.32 Å². The number of rotatable bonds is 4. The smallest absolute Gasteiger partial charge is 0.341 e. The van der Waals surface area contributed by atoms with Crippen LogP contribution in [0.3, 0.4) is 0 Å². The van der Waals surface area contributed by atoms with E-state index in [1.165, 1.54) is 30.5 Å². The van der Waals surface area contributed by atoms with Gasteiger partial charge in [-0.1, -0.05) is 18.2 Å². The summed E-state index contributed by atoms with van der Waals surface area (Å²) >= 11 is 0.832. The van der Waals surface area contributed by atoms with Gasteiger partial charge in [0.2, 0.25) is 4.34 Å². The number of nitrogens with zero attached hydrogens (tertiary/aromatic N) is 2. The Morgan fingerprint density at radius 3 is 2.56 bits per heavy atom. The molecule has 27 heavy (non-hydrogen) atoms. The van der Waals surface area contributed by atoms with Gasteiger partial charge in [-0.15, -0.1) is 11.3 Å². The van der Waals surface area contributed by atoms with E-state index in [0.717, 1.165) is 11.3 Å². The van der Waals surface area contributed by atoms with Crippen LogP contribution in [0.25, 0.3) is 21.1 Å². The standard InChI is InChI=1S/C16H11N3O5S3/c17-26(20,21)16-19-12-7-6-11(9-13(12)25-16)24-27(22,23)14-5-1-3-10-4-2-8-18-15(10)14/h1-9H,(H2,17,20,21). The van der Waals surface area contributed by atoms with Gasteiger partial charge < -0.3 is 4.18 Å². The molecule has 0 saturated heterocycles. The van der Waals surface area contributed by atoms with E-state index in [4.69, 9.17) is 9.32 Å². The van der Waals surface area contributed by atoms with Gasteiger partial charge in [0.15, 0.2) is 0 Å². The van der Waals surface area contributed by atoms with E-state index in [1.807, 2.05) is 0 Å². The summed E-state index contributed by atoms with van der Waals surface area (Å²) in [6, 6.07) is 12.5. The highest BCUT2D eigenvalue weighted by Gasteiger charge is 2.21. The fourth-order valence-corrected chi connectivity index (χ4v) is 5.29. The molecule has 0 unspecified atom stereocenters. The number of fused-ring (bicyclic) bond motifs is 2. The van der Waals surface area contributed by atoms with Gasteiger partial charge in [-0.25, -0.2) is 18.5 Å². The number of hydrogen-bond acceptors (Lipinski definition) is 8. The predicted molar refractivity (Wildman–Crippen MR) is 101 cm³/mol. The SMILES string of the molecule is NS(=O)(=O)c1nc2ccc(OS(=O)(=O)c3cccc4cccnc34)cc2s1. The number of primary sulfonamides is 1. The summed E-state index contributed by atoms with van der Waals surface area (Å²) in [5.41, 5.74) is 0.677. The quantitative estimate of drug-likeness (QED) is 0.500. The van der Waals surface area contributed by atoms with Crippen molar-refractivity contribution < 1.29 is 21.0 Å². The van der Waals surface area contributed by atoms with E-state index in [0.29, 0.717) is 21.1 Å². The normalized spacial score (nSPS) is 12.5. The molecule has 0 aliphatic rings. The van der Waals surface area contributed by atoms with Gasteiger partial charge in [0, 0.05) is 17.6 Å². The van der Waals surface area contributed by atoms with Crippen molar-refractivity contribution in [3.8, 4) is 5.75 Å². The number of nitrogens with two attached hydrogens (primary N) is 1. The molecule has 0 spiro atoms. The van der Waals surface area contributed by atoms with E-state index in [9.17, 15) is 16.8 Å². The summed E-state index contributed by atoms with van der Waals surface area (Å²) in [5, 5.41) is 5.74. The second-order valence-corrected chi connectivity index (χ2v) is 9.80. The summed E-state index contributed by atoms with van der Waals surface area (Å²) in [6.45, 7) is 0. The zero-order chi connectivity index (χ0) is 19.2. The van der Waals surface area contributed by atoms with Crippen molar-refractivity contribution in [1.29, 1.82) is 0 Å². The summed E-state index contributed by atoms with van der Waals surface area (Å²) in [6.07, 6.45) is 1.50. The number of pyridine rings is 1. The Hall–Kier alpha value is -2.60. The second kappa shape index (κ2) is 6.23. The summed E-state index contributed by atoms with van der Waals surface area (Å²) < 4.78 is 53.7. The molecule has 4 aromatic rings. The van der Waals surface area contributed by atoms with Gasteiger partial charge in [0.05, 0.1) is 15.7 Å². The molecule has 0 atom stereocenters. The molecule has 138 valence electrons. The van der Waals surface area contributed by atoms with E-state index in [-0.39, 0.29) is 15.0 Å². The number of para-hydroxylation sites is 1. The average Bonchev–Trinajstić information content (AvgIpc) is 3.04. The maximum Gasteiger partial charge on any atom is 0.341 e. The van der Waals surface area contributed by atoms with Gasteiger partial charge in [0.25, 0.3) is 10.0 Å². The lowest BCUT2D eigenvalue weighted by Crippen LogP contribution is -2.11. The molecule has 0 amide bonds. The Morgan fingerprint density at radius 1 is 1.00 bits per heavy atom. The zero-order valence-corrected chi connectivity index (χ0v) is 15.9. The van der Waals surface area contributed by atoms with Crippen molar-refractivity contribution in [3.05, 3.63) is 54.7 Å². The summed E-state index contributed by atoms with van der Waals surface area (Å²) in [4.78, 5) is 7.97. The van der Waals surface area contributed by atoms with Crippen molar-refractivity contribution in [2.75, 3.05) is 0 Å². The number of hydrogen-bond donors (Lipinski definition) is 1. The number of sulfonamides is 1. The fraction of sp³-hybridized carbons (Fsp3) is 0. The molecular weight excluding hydrogens is 410 g/mol. The molecule has 0 aliphatic heterocycles. The molecule has 0 bridgehead atoms. The van der Waals surface area contributed by atoms with Crippen molar-refractivity contribution in [1.82, 2.24) is 9.97 Å². The van der Waals surface area contributed by atoms with Gasteiger partial charge in [-0.3, -0.25) is 4.98 Å². The molecule has 2 aromatic heterocycles. The maximum atomic E-state index is 12.7. The topological polar surface area (TPSA) is 129 Å². The van der Waals surface area contributed by atoms with Gasteiger partial charge in [-0.2, -0.15) is 8.42 Å². The fourth-order valence-electron chi connectivity index (χ4n) is 2.51. The minimum absolute atomic E-state index is 0.0278. The predicted octanol–water partition coefficient (Wildman–Crippen LogP) is 2.26. The molecule has 8 nitrogen and oxygen atoms in total. The molecule has 4 rings (SSSR count). The number of thiazole rings is 1. The third-order valence-corrected chi connectivity index (χ3v) is 7.27. The first-order valence-electron chi connectivity index (χ1n) is 7.46. The van der Waals surface area contributed by atoms with Crippen LogP contribution in [0.4, 0.5) is 0 Å². The minimum Gasteiger partial charge on any atom is -0.379 e. The largest absolute Gasteiger partial charge is 0.379 e. The molecule has 2 heterocycles. The molecule has 0 aliphatic carbocycles. The molecule has 0 radical (unpaired) electrons. The molecule has 11 heteroatoms. The van der Waals surface area contributed by atoms with Crippen LogP contribution in [0, 0.1) is 0 Å². The van der Waals surface area contributed by atoms with Gasteiger partial charge in [-0.05, 0) is 24.3 Å². The third-order valence-electron chi connectivity index (χ3n) is 3.65. The Morgan fingerprint density at radius 2 is 1.78 bits per heavy atom. The monoisotopic (exact) mass is 421 g/mol. The van der Waals surface area contributed by atoms with Crippen LogP contribution in [0.1, 0.15) is 0 Å². The highest BCUT2D eigenvalue weighted by molar-refractivity contribution is 7.91. The Bertz CT molecular complexity index is 1390. The van der Waals surface area contributed by atoms with Gasteiger partial charge in [0.1, 0.15) is 10.6 Å². The van der Waals surface area contributed by atoms with Crippen molar-refractivity contribution in [2.45, 2.75) is 9.24 Å². The average molecular weight is 421 g/mol. The second-order valence-electron chi connectivity index (χ2n) is 5.52. The lowest BCUT2D eigenvalue weighted by Gasteiger charge is -2.09. The van der Waals surface area contributed by atoms with E-state index in [1.54, 1.807) is 24.3 Å². The molecule has 0 saturated carbocycles. The van der Waals surface area contributed by atoms with Gasteiger partial charge >= 0.3 is 10.1 Å². The molecule has 2 aromatic carbocycles. The van der Waals surface area contributed by atoms with Crippen LogP contribution in [0.5, 0.6) is 5.75 Å². The Balaban J connectivity index is 1.76. The van der Waals surface area contributed by atoms with E-state index >= 15 is 0 Å².